The molecule has 0 aromatic carbocycles. The minimum Gasteiger partial charge on any atom is -0.339 e. The lowest BCUT2D eigenvalue weighted by molar-refractivity contribution is -0.132. The Morgan fingerprint density at radius 1 is 1.31 bits per heavy atom. The number of hydrogen-bond acceptors (Lipinski definition) is 5. The molecule has 6 nitrogen and oxygen atoms in total. The lowest BCUT2D eigenvalue weighted by atomic mass is 10.1. The van der Waals surface area contributed by atoms with Gasteiger partial charge in [0.25, 0.3) is 5.56 Å². The van der Waals surface area contributed by atoms with Gasteiger partial charge in [-0.1, -0.05) is 0 Å². The van der Waals surface area contributed by atoms with Crippen molar-refractivity contribution in [1.82, 2.24) is 19.4 Å². The number of pyridine rings is 1. The molecule has 0 spiro atoms. The zero-order valence-electron chi connectivity index (χ0n) is 15.4. The fraction of sp³-hybridized carbons (Fsp3) is 0.368. The van der Waals surface area contributed by atoms with E-state index < -0.39 is 0 Å². The van der Waals surface area contributed by atoms with Crippen molar-refractivity contribution in [2.24, 2.45) is 0 Å². The highest BCUT2D eigenvalue weighted by Gasteiger charge is 2.18. The van der Waals surface area contributed by atoms with E-state index in [4.69, 9.17) is 0 Å². The highest BCUT2D eigenvalue weighted by atomic mass is 32.1. The van der Waals surface area contributed by atoms with Gasteiger partial charge in [0, 0.05) is 37.3 Å². The Morgan fingerprint density at radius 3 is 2.69 bits per heavy atom. The molecule has 3 rings (SSSR count). The number of aryl methyl sites for hydroxylation is 3. The summed E-state index contributed by atoms with van der Waals surface area (Å²) >= 11 is 1.53. The van der Waals surface area contributed by atoms with Gasteiger partial charge >= 0.3 is 0 Å². The molecule has 0 saturated carbocycles. The second kappa shape index (κ2) is 7.37. The van der Waals surface area contributed by atoms with Gasteiger partial charge in [0.15, 0.2) is 0 Å². The standard InChI is InChI=1S/C19H22N4O2S/c1-12-14(3)26-18-17(12)19(25)23(11-21-18)10-7-16(24)22(4)13(2)15-5-8-20-9-6-15/h5-6,8-9,11,13H,7,10H2,1-4H3. The molecule has 0 aliphatic rings. The van der Waals surface area contributed by atoms with Crippen LogP contribution in [0.2, 0.25) is 0 Å². The number of aromatic nitrogens is 3. The van der Waals surface area contributed by atoms with Crippen molar-refractivity contribution in [1.29, 1.82) is 0 Å². The van der Waals surface area contributed by atoms with Gasteiger partial charge in [-0.15, -0.1) is 11.3 Å². The summed E-state index contributed by atoms with van der Waals surface area (Å²) in [5.74, 6) is -0.0143. The molecule has 3 aromatic rings. The van der Waals surface area contributed by atoms with Crippen LogP contribution in [0.25, 0.3) is 10.2 Å². The van der Waals surface area contributed by atoms with E-state index in [1.54, 1.807) is 30.7 Å². The fourth-order valence-electron chi connectivity index (χ4n) is 2.90. The Bertz CT molecular complexity index is 994. The maximum atomic E-state index is 12.7. The molecule has 7 heteroatoms. The molecule has 0 saturated heterocycles. The van der Waals surface area contributed by atoms with E-state index in [-0.39, 0.29) is 23.9 Å². The summed E-state index contributed by atoms with van der Waals surface area (Å²) in [5.41, 5.74) is 1.93. The topological polar surface area (TPSA) is 68.1 Å². The van der Waals surface area contributed by atoms with Gasteiger partial charge in [0.2, 0.25) is 5.91 Å². The van der Waals surface area contributed by atoms with Crippen LogP contribution in [0.4, 0.5) is 0 Å². The molecule has 3 heterocycles. The molecule has 0 aliphatic heterocycles. The highest BCUT2D eigenvalue weighted by molar-refractivity contribution is 7.18. The second-order valence-corrected chi connectivity index (χ2v) is 7.62. The van der Waals surface area contributed by atoms with Crippen molar-refractivity contribution in [2.75, 3.05) is 7.05 Å². The van der Waals surface area contributed by atoms with E-state index >= 15 is 0 Å². The Morgan fingerprint density at radius 2 is 2.00 bits per heavy atom. The van der Waals surface area contributed by atoms with Gasteiger partial charge in [-0.3, -0.25) is 19.1 Å². The molecule has 0 fully saturated rings. The van der Waals surface area contributed by atoms with Crippen LogP contribution >= 0.6 is 11.3 Å². The van der Waals surface area contributed by atoms with E-state index in [1.807, 2.05) is 32.9 Å². The zero-order valence-corrected chi connectivity index (χ0v) is 16.2. The molecular weight excluding hydrogens is 348 g/mol. The first-order valence-corrected chi connectivity index (χ1v) is 9.32. The van der Waals surface area contributed by atoms with Gasteiger partial charge in [-0.05, 0) is 44.0 Å². The van der Waals surface area contributed by atoms with E-state index in [0.29, 0.717) is 11.9 Å². The normalized spacial score (nSPS) is 12.3. The number of nitrogens with zero attached hydrogens (tertiary/aromatic N) is 4. The zero-order chi connectivity index (χ0) is 18.8. The van der Waals surface area contributed by atoms with Crippen molar-refractivity contribution in [2.45, 2.75) is 39.8 Å². The number of thiophene rings is 1. The van der Waals surface area contributed by atoms with Crippen LogP contribution in [0.5, 0.6) is 0 Å². The predicted octanol–water partition coefficient (Wildman–Crippen LogP) is 3.08. The lowest BCUT2D eigenvalue weighted by Crippen LogP contribution is -2.31. The highest BCUT2D eigenvalue weighted by Crippen LogP contribution is 2.25. The molecule has 0 aliphatic carbocycles. The van der Waals surface area contributed by atoms with Crippen LogP contribution in [0.1, 0.15) is 35.4 Å². The lowest BCUT2D eigenvalue weighted by Gasteiger charge is -2.25. The second-order valence-electron chi connectivity index (χ2n) is 6.42. The summed E-state index contributed by atoms with van der Waals surface area (Å²) < 4.78 is 1.53. The number of carbonyl (C=O) groups is 1. The van der Waals surface area contributed by atoms with E-state index in [1.165, 1.54) is 15.9 Å². The summed E-state index contributed by atoms with van der Waals surface area (Å²) in [5, 5.41) is 0.668. The first kappa shape index (κ1) is 18.3. The predicted molar refractivity (Wildman–Crippen MR) is 103 cm³/mol. The van der Waals surface area contributed by atoms with Gasteiger partial charge in [0.1, 0.15) is 4.83 Å². The maximum absolute atomic E-state index is 12.7. The van der Waals surface area contributed by atoms with Crippen molar-refractivity contribution >= 4 is 27.5 Å². The fourth-order valence-corrected chi connectivity index (χ4v) is 3.89. The number of hydrogen-bond donors (Lipinski definition) is 0. The molecule has 136 valence electrons. The number of rotatable bonds is 5. The first-order chi connectivity index (χ1) is 12.4. The smallest absolute Gasteiger partial charge is 0.262 e. The summed E-state index contributed by atoms with van der Waals surface area (Å²) in [4.78, 5) is 37.2. The third-order valence-electron chi connectivity index (χ3n) is 4.89. The van der Waals surface area contributed by atoms with Crippen LogP contribution in [-0.4, -0.2) is 32.4 Å². The minimum absolute atomic E-state index is 0.0143. The van der Waals surface area contributed by atoms with Gasteiger partial charge in [-0.2, -0.15) is 0 Å². The minimum atomic E-state index is -0.0746. The van der Waals surface area contributed by atoms with E-state index in [9.17, 15) is 9.59 Å². The van der Waals surface area contributed by atoms with Crippen molar-refractivity contribution in [3.8, 4) is 0 Å². The van der Waals surface area contributed by atoms with Crippen LogP contribution in [-0.2, 0) is 11.3 Å². The molecule has 0 N–H and O–H groups in total. The molecule has 0 bridgehead atoms. The van der Waals surface area contributed by atoms with Crippen LogP contribution in [0, 0.1) is 13.8 Å². The summed E-state index contributed by atoms with van der Waals surface area (Å²) in [6.07, 6.45) is 5.23. The average molecular weight is 370 g/mol. The quantitative estimate of drug-likeness (QED) is 0.692. The molecule has 3 aromatic heterocycles. The SMILES string of the molecule is Cc1sc2ncn(CCC(=O)N(C)C(C)c3ccncc3)c(=O)c2c1C. The third-order valence-corrected chi connectivity index (χ3v) is 6.00. The Hall–Kier alpha value is -2.54. The Balaban J connectivity index is 1.73. The van der Waals surface area contributed by atoms with Crippen LogP contribution in [0.15, 0.2) is 35.6 Å². The van der Waals surface area contributed by atoms with E-state index in [2.05, 4.69) is 9.97 Å². The van der Waals surface area contributed by atoms with Crippen molar-refractivity contribution in [3.63, 3.8) is 0 Å². The molecule has 1 atom stereocenters. The average Bonchev–Trinajstić information content (AvgIpc) is 2.95. The van der Waals surface area contributed by atoms with Crippen LogP contribution < -0.4 is 5.56 Å². The molecule has 26 heavy (non-hydrogen) atoms. The molecule has 1 amide bonds. The van der Waals surface area contributed by atoms with Crippen molar-refractivity contribution in [3.05, 3.63) is 57.2 Å². The monoisotopic (exact) mass is 370 g/mol. The van der Waals surface area contributed by atoms with Gasteiger partial charge in [0.05, 0.1) is 17.8 Å². The number of carbonyl (C=O) groups excluding carboxylic acids is 1. The Kier molecular flexibility index (Phi) is 5.18. The summed E-state index contributed by atoms with van der Waals surface area (Å²) in [6, 6.07) is 3.75. The first-order valence-electron chi connectivity index (χ1n) is 8.51. The maximum Gasteiger partial charge on any atom is 0.262 e. The van der Waals surface area contributed by atoms with Gasteiger partial charge < -0.3 is 4.90 Å². The summed E-state index contributed by atoms with van der Waals surface area (Å²) in [7, 11) is 1.78. The molecular formula is C19H22N4O2S. The van der Waals surface area contributed by atoms with Crippen molar-refractivity contribution < 1.29 is 4.79 Å². The summed E-state index contributed by atoms with van der Waals surface area (Å²) in [6.45, 7) is 6.23. The number of fused-ring (bicyclic) bond motifs is 1. The molecule has 1 unspecified atom stereocenters. The largest absolute Gasteiger partial charge is 0.339 e. The third kappa shape index (κ3) is 3.39. The Labute approximate surface area is 156 Å². The van der Waals surface area contributed by atoms with Gasteiger partial charge in [-0.25, -0.2) is 4.98 Å². The van der Waals surface area contributed by atoms with E-state index in [0.717, 1.165) is 20.8 Å². The molecule has 0 radical (unpaired) electrons. The number of amides is 1. The van der Waals surface area contributed by atoms with Crippen LogP contribution in [0.3, 0.4) is 0 Å².